The van der Waals surface area contributed by atoms with Gasteiger partial charge >= 0.3 is 29.6 Å². The quantitative estimate of drug-likeness (QED) is 0.396. The minimum atomic E-state index is -0.969. The molecule has 0 radical (unpaired) electrons. The average Bonchev–Trinajstić information content (AvgIpc) is 3.71. The number of carbonyl (C=O) groups excluding carboxylic acids is 1. The van der Waals surface area contributed by atoms with Gasteiger partial charge < -0.3 is 24.3 Å². The van der Waals surface area contributed by atoms with Crippen LogP contribution in [-0.2, 0) is 11.2 Å². The number of rotatable bonds is 12. The molecule has 0 bridgehead atoms. The average molecular weight is 530 g/mol. The van der Waals surface area contributed by atoms with Gasteiger partial charge in [0.25, 0.3) is 0 Å². The zero-order chi connectivity index (χ0) is 26.4. The number of aliphatic carboxylic acids is 1. The maximum Gasteiger partial charge on any atom is 1.00 e. The fourth-order valence-electron chi connectivity index (χ4n) is 5.61. The Hall–Kier alpha value is -1.69. The molecule has 1 heterocycles. The first-order chi connectivity index (χ1) is 17.7. The molecule has 0 amide bonds. The van der Waals surface area contributed by atoms with E-state index in [1.807, 2.05) is 24.3 Å². The Morgan fingerprint density at radius 1 is 1.05 bits per heavy atom. The molecule has 2 aromatic rings. The maximum atomic E-state index is 11.3. The van der Waals surface area contributed by atoms with Crippen LogP contribution in [0.5, 0.6) is 11.5 Å². The van der Waals surface area contributed by atoms with Gasteiger partial charge in [0.2, 0.25) is 0 Å². The van der Waals surface area contributed by atoms with Crippen LogP contribution >= 0.6 is 0 Å². The monoisotopic (exact) mass is 529 g/mol. The molecule has 38 heavy (non-hydrogen) atoms. The van der Waals surface area contributed by atoms with Crippen molar-refractivity contribution in [3.05, 3.63) is 53.6 Å². The Bertz CT molecular complexity index is 1040. The van der Waals surface area contributed by atoms with Crippen molar-refractivity contribution < 1.29 is 48.9 Å². The van der Waals surface area contributed by atoms with E-state index in [4.69, 9.17) is 9.47 Å². The zero-order valence-electron chi connectivity index (χ0n) is 24.1. The molecule has 1 saturated carbocycles. The largest absolute Gasteiger partial charge is 1.00 e. The molecule has 6 heteroatoms. The summed E-state index contributed by atoms with van der Waals surface area (Å²) in [6.07, 6.45) is 7.98. The van der Waals surface area contributed by atoms with Crippen LogP contribution in [0.25, 0.3) is 0 Å². The van der Waals surface area contributed by atoms with Gasteiger partial charge in [-0.2, -0.15) is 0 Å². The van der Waals surface area contributed by atoms with Crippen LogP contribution in [0.1, 0.15) is 82.8 Å². The van der Waals surface area contributed by atoms with Crippen LogP contribution in [-0.4, -0.2) is 32.8 Å². The molecule has 1 aliphatic heterocycles. The van der Waals surface area contributed by atoms with Crippen LogP contribution in [0.15, 0.2) is 42.5 Å². The van der Waals surface area contributed by atoms with Gasteiger partial charge in [-0.1, -0.05) is 39.0 Å². The van der Waals surface area contributed by atoms with E-state index in [1.165, 1.54) is 24.1 Å². The predicted octanol–water partition coefficient (Wildman–Crippen LogP) is 3.00. The number of methoxy groups -OCH3 is 1. The van der Waals surface area contributed by atoms with Crippen LogP contribution in [0.4, 0.5) is 5.69 Å². The molecule has 1 unspecified atom stereocenters. The van der Waals surface area contributed by atoms with Gasteiger partial charge in [-0.25, -0.2) is 0 Å². The van der Waals surface area contributed by atoms with E-state index in [2.05, 4.69) is 43.9 Å². The molecule has 4 rings (SSSR count). The number of hydrogen-bond acceptors (Lipinski definition) is 5. The van der Waals surface area contributed by atoms with Gasteiger partial charge in [-0.3, -0.25) is 0 Å². The number of anilines is 1. The Labute approximate surface area is 251 Å². The van der Waals surface area contributed by atoms with Crippen LogP contribution in [0, 0.1) is 17.3 Å². The van der Waals surface area contributed by atoms with Gasteiger partial charge in [0.05, 0.1) is 13.7 Å². The third kappa shape index (κ3) is 9.20. The summed E-state index contributed by atoms with van der Waals surface area (Å²) in [5, 5.41) is 11.3. The van der Waals surface area contributed by atoms with Crippen molar-refractivity contribution in [3.63, 3.8) is 0 Å². The molecule has 2 aromatic carbocycles. The third-order valence-corrected chi connectivity index (χ3v) is 7.97. The number of ether oxygens (including phenoxy) is 2. The second-order valence-electron chi connectivity index (χ2n) is 12.2. The van der Waals surface area contributed by atoms with E-state index in [0.717, 1.165) is 62.3 Å². The van der Waals surface area contributed by atoms with Crippen molar-refractivity contribution in [1.82, 2.24) is 0 Å². The van der Waals surface area contributed by atoms with Gasteiger partial charge in [0.15, 0.2) is 0 Å². The summed E-state index contributed by atoms with van der Waals surface area (Å²) in [5.74, 6) is 1.81. The number of hydrogen-bond donors (Lipinski definition) is 0. The van der Waals surface area contributed by atoms with Crippen molar-refractivity contribution in [2.24, 2.45) is 17.3 Å². The molecule has 0 N–H and O–H groups in total. The first kappa shape index (κ1) is 30.8. The standard InChI is InChI=1S/C32H45NO4.Na/c1-32(2,3)16-6-8-25-12-13-27(36-4)20-30(25)33-17-14-23(15-18-33)22-37-28-9-5-7-26(19-28)29(21-31(34)35)24-10-11-24;/h5,7,9,12-13,19-20,23-24,29H,6,8,10-11,14-18,21-22H2,1-4H3,(H,34,35);/q;+1/p-1. The number of nitrogens with zero attached hydrogens (tertiary/aromatic N) is 1. The molecular weight excluding hydrogens is 485 g/mol. The fraction of sp³-hybridized carbons (Fsp3) is 0.594. The number of carboxylic acids is 1. The van der Waals surface area contributed by atoms with E-state index in [9.17, 15) is 9.90 Å². The second kappa shape index (κ2) is 14.1. The molecule has 5 nitrogen and oxygen atoms in total. The Morgan fingerprint density at radius 2 is 1.79 bits per heavy atom. The molecular formula is C32H44NNaO4. The number of carbonyl (C=O) groups is 1. The molecule has 2 fully saturated rings. The fourth-order valence-corrected chi connectivity index (χ4v) is 5.61. The summed E-state index contributed by atoms with van der Waals surface area (Å²) in [5.41, 5.74) is 4.16. The molecule has 1 saturated heterocycles. The number of piperidine rings is 1. The van der Waals surface area contributed by atoms with Gasteiger partial charge in [-0.05, 0) is 104 Å². The molecule has 0 spiro atoms. The number of aryl methyl sites for hydroxylation is 1. The Morgan fingerprint density at radius 3 is 2.42 bits per heavy atom. The minimum absolute atomic E-state index is 0. The smallest absolute Gasteiger partial charge is 0.550 e. The topological polar surface area (TPSA) is 61.8 Å². The summed E-state index contributed by atoms with van der Waals surface area (Å²) < 4.78 is 11.8. The summed E-state index contributed by atoms with van der Waals surface area (Å²) in [4.78, 5) is 13.8. The normalized spacial score (nSPS) is 17.0. The van der Waals surface area contributed by atoms with Crippen LogP contribution in [0.2, 0.25) is 0 Å². The minimum Gasteiger partial charge on any atom is -0.550 e. The summed E-state index contributed by atoms with van der Waals surface area (Å²) in [6.45, 7) is 9.66. The number of benzene rings is 2. The summed E-state index contributed by atoms with van der Waals surface area (Å²) in [6, 6.07) is 14.6. The zero-order valence-corrected chi connectivity index (χ0v) is 26.1. The van der Waals surface area contributed by atoms with E-state index in [1.54, 1.807) is 7.11 Å². The molecule has 1 aliphatic carbocycles. The predicted molar refractivity (Wildman–Crippen MR) is 147 cm³/mol. The van der Waals surface area contributed by atoms with Crippen LogP contribution in [0.3, 0.4) is 0 Å². The first-order valence-electron chi connectivity index (χ1n) is 14.1. The third-order valence-electron chi connectivity index (χ3n) is 7.97. The Kier molecular flexibility index (Phi) is 11.4. The van der Waals surface area contributed by atoms with Crippen molar-refractivity contribution >= 4 is 11.7 Å². The SMILES string of the molecule is COc1ccc(CCCC(C)(C)C)c(N2CCC(COc3cccc(C(CC(=O)[O-])C4CC4)c3)CC2)c1.[Na+]. The first-order valence-corrected chi connectivity index (χ1v) is 14.1. The summed E-state index contributed by atoms with van der Waals surface area (Å²) >= 11 is 0. The number of carboxylic acid groups (broad SMARTS) is 1. The van der Waals surface area contributed by atoms with Gasteiger partial charge in [0, 0.05) is 30.8 Å². The van der Waals surface area contributed by atoms with Gasteiger partial charge in [0.1, 0.15) is 11.5 Å². The van der Waals surface area contributed by atoms with E-state index < -0.39 is 5.97 Å². The van der Waals surface area contributed by atoms with E-state index in [-0.39, 0.29) is 41.9 Å². The molecule has 1 atom stereocenters. The van der Waals surface area contributed by atoms with Gasteiger partial charge in [-0.15, -0.1) is 0 Å². The molecule has 202 valence electrons. The maximum absolute atomic E-state index is 11.3. The molecule has 0 aromatic heterocycles. The Balaban J connectivity index is 0.00000400. The summed E-state index contributed by atoms with van der Waals surface area (Å²) in [7, 11) is 1.74. The van der Waals surface area contributed by atoms with Crippen LogP contribution < -0.4 is 49.0 Å². The molecule has 2 aliphatic rings. The van der Waals surface area contributed by atoms with E-state index >= 15 is 0 Å². The van der Waals surface area contributed by atoms with Crippen molar-refractivity contribution in [3.8, 4) is 11.5 Å². The van der Waals surface area contributed by atoms with E-state index in [0.29, 0.717) is 23.9 Å². The second-order valence-corrected chi connectivity index (χ2v) is 12.2. The van der Waals surface area contributed by atoms with Crippen molar-refractivity contribution in [2.45, 2.75) is 78.1 Å². The van der Waals surface area contributed by atoms with Crippen molar-refractivity contribution in [2.75, 3.05) is 31.7 Å². The van der Waals surface area contributed by atoms with Crippen molar-refractivity contribution in [1.29, 1.82) is 0 Å².